The van der Waals surface area contributed by atoms with Crippen molar-refractivity contribution in [1.82, 2.24) is 5.43 Å². The van der Waals surface area contributed by atoms with Gasteiger partial charge in [-0.25, -0.2) is 5.43 Å². The van der Waals surface area contributed by atoms with Gasteiger partial charge < -0.3 is 5.43 Å². The number of anilines is 2. The lowest BCUT2D eigenvalue weighted by Crippen LogP contribution is -2.54. The highest BCUT2D eigenvalue weighted by atomic mass is 16.6. The molecule has 0 amide bonds. The van der Waals surface area contributed by atoms with Gasteiger partial charge in [-0.15, -0.1) is 0 Å². The molecular weight excluding hydrogens is 841 g/mol. The van der Waals surface area contributed by atoms with Crippen molar-refractivity contribution in [1.29, 1.82) is 0 Å². The van der Waals surface area contributed by atoms with Crippen molar-refractivity contribution in [2.45, 2.75) is 128 Å². The van der Waals surface area contributed by atoms with Crippen LogP contribution in [0.15, 0.2) is 90.0 Å². The van der Waals surface area contributed by atoms with Crippen LogP contribution in [0, 0.1) is 70.0 Å². The van der Waals surface area contributed by atoms with Crippen LogP contribution in [-0.4, -0.2) is 25.4 Å². The molecule has 3 N–H and O–H groups in total. The molecule has 16 heteroatoms. The van der Waals surface area contributed by atoms with Gasteiger partial charge in [0, 0.05) is 18.1 Å². The van der Waals surface area contributed by atoms with Crippen LogP contribution in [0.1, 0.15) is 131 Å². The molecule has 10 aliphatic carbocycles. The lowest BCUT2D eigenvalue weighted by atomic mass is 9.67. The Bertz CT molecular complexity index is 2410. The molecule has 2 fully saturated rings. The van der Waals surface area contributed by atoms with Crippen molar-refractivity contribution >= 4 is 39.8 Å². The number of aryl methyl sites for hydroxylation is 2. The van der Waals surface area contributed by atoms with Gasteiger partial charge in [-0.1, -0.05) is 126 Å². The second kappa shape index (κ2) is 20.9. The van der Waals surface area contributed by atoms with Gasteiger partial charge in [0.25, 0.3) is 11.4 Å². The van der Waals surface area contributed by atoms with Gasteiger partial charge in [0.15, 0.2) is 0 Å². The molecule has 66 heavy (non-hydrogen) atoms. The highest BCUT2D eigenvalue weighted by molar-refractivity contribution is 6.03. The number of rotatable bonds is 10. The molecular formula is C50H60N8O8. The summed E-state index contributed by atoms with van der Waals surface area (Å²) in [5.74, 6) is 1.95. The van der Waals surface area contributed by atoms with E-state index in [4.69, 9.17) is 5.10 Å². The van der Waals surface area contributed by atoms with Gasteiger partial charge in [0.1, 0.15) is 11.4 Å². The van der Waals surface area contributed by atoms with Crippen molar-refractivity contribution in [3.63, 3.8) is 0 Å². The predicted octanol–water partition coefficient (Wildman–Crippen LogP) is 12.5. The van der Waals surface area contributed by atoms with Crippen LogP contribution in [-0.2, 0) is 18.4 Å². The van der Waals surface area contributed by atoms with Crippen LogP contribution in [0.25, 0.3) is 0 Å². The molecule has 0 spiro atoms. The number of nitro benzene ring substituents is 4. The summed E-state index contributed by atoms with van der Waals surface area (Å²) in [6, 6.07) is 24.0. The maximum atomic E-state index is 12.6. The van der Waals surface area contributed by atoms with Gasteiger partial charge in [0.2, 0.25) is 0 Å². The van der Waals surface area contributed by atoms with E-state index in [2.05, 4.69) is 64.8 Å². The summed E-state index contributed by atoms with van der Waals surface area (Å²) in [7, 11) is 0. The van der Waals surface area contributed by atoms with E-state index in [9.17, 15) is 40.5 Å². The first-order valence-corrected chi connectivity index (χ1v) is 23.9. The normalized spacial score (nSPS) is 25.5. The zero-order valence-electron chi connectivity index (χ0n) is 37.4. The zero-order chi connectivity index (χ0) is 46.2. The Labute approximate surface area is 384 Å². The van der Waals surface area contributed by atoms with E-state index in [1.54, 1.807) is 0 Å². The maximum Gasteiger partial charge on any atom is 0.301 e. The first-order valence-electron chi connectivity index (χ1n) is 23.9. The fourth-order valence-electron chi connectivity index (χ4n) is 11.5. The Morgan fingerprint density at radius 3 is 1.47 bits per heavy atom. The van der Waals surface area contributed by atoms with Crippen LogP contribution in [0.3, 0.4) is 0 Å². The molecule has 4 aromatic rings. The molecule has 8 bridgehead atoms. The average Bonchev–Trinajstić information content (AvgIpc) is 3.34. The largest absolute Gasteiger partial charge is 0.315 e. The second-order valence-electron chi connectivity index (χ2n) is 19.2. The van der Waals surface area contributed by atoms with Crippen molar-refractivity contribution < 1.29 is 19.7 Å². The third-order valence-electron chi connectivity index (χ3n) is 15.3. The molecule has 14 rings (SSSR count). The summed E-state index contributed by atoms with van der Waals surface area (Å²) in [4.78, 5) is 45.9. The number of hydrogen-bond donors (Lipinski definition) is 3. The molecule has 348 valence electrons. The quantitative estimate of drug-likeness (QED) is 0.100. The number of non-ortho nitro benzene ring substituents is 2. The van der Waals surface area contributed by atoms with Crippen LogP contribution in [0.5, 0.6) is 0 Å². The minimum atomic E-state index is -1.03. The summed E-state index contributed by atoms with van der Waals surface area (Å²) >= 11 is 0. The molecule has 4 aromatic carbocycles. The zero-order valence-corrected chi connectivity index (χ0v) is 37.4. The number of benzene rings is 4. The number of nitrogens with zero attached hydrogens (tertiary/aromatic N) is 5. The van der Waals surface area contributed by atoms with E-state index in [-0.39, 0.29) is 11.4 Å². The summed E-state index contributed by atoms with van der Waals surface area (Å²) in [6.07, 6.45) is 19.6. The van der Waals surface area contributed by atoms with Crippen molar-refractivity contribution in [3.8, 4) is 0 Å². The van der Waals surface area contributed by atoms with E-state index < -0.39 is 53.9 Å². The minimum absolute atomic E-state index is 0.00801. The van der Waals surface area contributed by atoms with Gasteiger partial charge >= 0.3 is 11.4 Å². The highest BCUT2D eigenvalue weighted by Crippen LogP contribution is 2.45. The summed E-state index contributed by atoms with van der Waals surface area (Å²) in [5, 5.41) is 53.7. The lowest BCUT2D eigenvalue weighted by molar-refractivity contribution is -0.393. The topological polar surface area (TPSA) is 221 Å². The Morgan fingerprint density at radius 2 is 0.955 bits per heavy atom. The second-order valence-corrected chi connectivity index (χ2v) is 19.2. The van der Waals surface area contributed by atoms with Gasteiger partial charge in [0.05, 0.1) is 43.1 Å². The number of nitro groups is 4. The summed E-state index contributed by atoms with van der Waals surface area (Å²) < 4.78 is 0. The Balaban J connectivity index is 1.33. The first kappa shape index (κ1) is 46.2. The van der Waals surface area contributed by atoms with Crippen LogP contribution in [0.4, 0.5) is 34.1 Å². The Kier molecular flexibility index (Phi) is 14.6. The third kappa shape index (κ3) is 10.9. The number of hydrazine groups is 1. The van der Waals surface area contributed by atoms with Crippen molar-refractivity contribution in [3.05, 3.63) is 148 Å². The molecule has 0 saturated heterocycles. The van der Waals surface area contributed by atoms with Crippen molar-refractivity contribution in [2.75, 3.05) is 10.9 Å². The SMILES string of the molecule is O=[N+]([O-])c1ccc(N/N=C2\c3ccc(cc3)CCCC3CCC(CC3)CCC2C2(NNc3ccc([N+](=O)[O-])cc3[N+](=O)[O-])CCCC3CCC(CCCc4ccc2cc4)CC3)c([N+](=O)[O-])c1. The molecule has 0 aromatic heterocycles. The molecule has 10 aliphatic rings. The lowest BCUT2D eigenvalue weighted by Gasteiger charge is -2.44. The predicted molar refractivity (Wildman–Crippen MR) is 254 cm³/mol. The third-order valence-corrected chi connectivity index (χ3v) is 15.3. The number of nitrogens with one attached hydrogen (secondary N) is 3. The van der Waals surface area contributed by atoms with E-state index in [1.165, 1.54) is 86.8 Å². The van der Waals surface area contributed by atoms with E-state index in [0.29, 0.717) is 36.3 Å². The van der Waals surface area contributed by atoms with Crippen molar-refractivity contribution in [2.24, 2.45) is 34.7 Å². The molecule has 16 nitrogen and oxygen atoms in total. The van der Waals surface area contributed by atoms with E-state index in [0.717, 1.165) is 87.0 Å². The fourth-order valence-corrected chi connectivity index (χ4v) is 11.5. The molecule has 2 atom stereocenters. The smallest absolute Gasteiger partial charge is 0.301 e. The monoisotopic (exact) mass is 900 g/mol. The van der Waals surface area contributed by atoms with E-state index >= 15 is 0 Å². The summed E-state index contributed by atoms with van der Waals surface area (Å²) in [6.45, 7) is 0. The highest BCUT2D eigenvalue weighted by Gasteiger charge is 2.45. The Morgan fingerprint density at radius 1 is 0.500 bits per heavy atom. The fraction of sp³-hybridized carbons (Fsp3) is 0.500. The molecule has 0 aliphatic heterocycles. The number of hydrogen-bond acceptors (Lipinski definition) is 12. The van der Waals surface area contributed by atoms with Crippen LogP contribution >= 0.6 is 0 Å². The molecule has 0 heterocycles. The average molecular weight is 901 g/mol. The van der Waals surface area contributed by atoms with Gasteiger partial charge in [-0.2, -0.15) is 5.10 Å². The standard InChI is InChI=1S/C50H60N8O8/c59-55(60)42-26-29-45(47(32-42)57(63)64)51-53-49-40-22-17-36(18-23-40)6-1-4-35-13-15-39(16-14-35)21-28-44(49)50(54-52-46-30-27-43(56(61)62)33-48(46)58(65)66)31-3-8-38-11-9-34(10-12-38)5-2-7-37-19-24-41(50)25-20-37/h17-20,22-27,29-30,32-35,38-39,44,51-52,54H,1-16,21,28,31H2/b53-49+. The molecule has 2 unspecified atom stereocenters. The van der Waals surface area contributed by atoms with Gasteiger partial charge in [-0.05, 0) is 103 Å². The first-order chi connectivity index (χ1) is 32.0. The Hall–Kier alpha value is -6.29. The van der Waals surface area contributed by atoms with Gasteiger partial charge in [-0.3, -0.25) is 45.9 Å². The van der Waals surface area contributed by atoms with Crippen LogP contribution in [0.2, 0.25) is 0 Å². The minimum Gasteiger partial charge on any atom is -0.315 e. The summed E-state index contributed by atoms with van der Waals surface area (Å²) in [5.41, 5.74) is 12.0. The molecule has 2 saturated carbocycles. The van der Waals surface area contributed by atoms with E-state index in [1.807, 2.05) is 0 Å². The van der Waals surface area contributed by atoms with Crippen LogP contribution < -0.4 is 16.3 Å². The molecule has 0 radical (unpaired) electrons. The number of hydrazone groups is 1. The maximum absolute atomic E-state index is 12.6.